The van der Waals surface area contributed by atoms with Gasteiger partial charge in [-0.25, -0.2) is 0 Å². The van der Waals surface area contributed by atoms with E-state index in [1.807, 2.05) is 0 Å². The molecule has 0 radical (unpaired) electrons. The summed E-state index contributed by atoms with van der Waals surface area (Å²) in [6, 6.07) is 4.76. The summed E-state index contributed by atoms with van der Waals surface area (Å²) in [7, 11) is 0. The second-order valence-corrected chi connectivity index (χ2v) is 5.76. The number of hydrogen-bond donors (Lipinski definition) is 1. The van der Waals surface area contributed by atoms with E-state index in [-0.39, 0.29) is 12.5 Å². The summed E-state index contributed by atoms with van der Waals surface area (Å²) in [5.41, 5.74) is 0. The predicted octanol–water partition coefficient (Wildman–Crippen LogP) is 2.69. The Balaban J connectivity index is 1.96. The summed E-state index contributed by atoms with van der Waals surface area (Å²) in [6.07, 6.45) is -0.240. The van der Waals surface area contributed by atoms with Crippen LogP contribution >= 0.6 is 23.2 Å². The Hall–Kier alpha value is -1.46. The Bertz CT molecular complexity index is 564. The number of nitrogens with zero attached hydrogens (tertiary/aromatic N) is 1. The minimum atomic E-state index is -0.872. The van der Waals surface area contributed by atoms with Gasteiger partial charge in [0, 0.05) is 19.2 Å². The molecule has 0 saturated carbocycles. The van der Waals surface area contributed by atoms with Crippen LogP contribution in [0.15, 0.2) is 18.2 Å². The smallest absolute Gasteiger partial charge is 0.308 e. The van der Waals surface area contributed by atoms with Crippen molar-refractivity contribution in [2.24, 2.45) is 5.92 Å². The molecule has 1 amide bonds. The van der Waals surface area contributed by atoms with Crippen molar-refractivity contribution in [1.29, 1.82) is 0 Å². The molecule has 0 aromatic heterocycles. The van der Waals surface area contributed by atoms with Crippen molar-refractivity contribution >= 4 is 35.1 Å². The number of halogens is 2. The van der Waals surface area contributed by atoms with E-state index in [1.165, 1.54) is 11.0 Å². The van der Waals surface area contributed by atoms with Gasteiger partial charge in [0.1, 0.15) is 5.75 Å². The normalized spacial score (nSPS) is 19.4. The van der Waals surface area contributed by atoms with Crippen molar-refractivity contribution in [3.63, 3.8) is 0 Å². The van der Waals surface area contributed by atoms with Crippen LogP contribution in [0.3, 0.4) is 0 Å². The van der Waals surface area contributed by atoms with E-state index < -0.39 is 18.0 Å². The van der Waals surface area contributed by atoms with Gasteiger partial charge in [-0.05, 0) is 25.5 Å². The topological polar surface area (TPSA) is 66.8 Å². The highest BCUT2D eigenvalue weighted by Crippen LogP contribution is 2.27. The first-order valence-electron chi connectivity index (χ1n) is 6.51. The SMILES string of the molecule is C[C@@H](Oc1ccc(Cl)c(Cl)c1)C(=O)N1CC[C@@H](C(=O)O)C1. The fraction of sp³-hybridized carbons (Fsp3) is 0.429. The highest BCUT2D eigenvalue weighted by atomic mass is 35.5. The van der Waals surface area contributed by atoms with Crippen LogP contribution < -0.4 is 4.74 Å². The quantitative estimate of drug-likeness (QED) is 0.921. The van der Waals surface area contributed by atoms with Crippen molar-refractivity contribution in [1.82, 2.24) is 4.90 Å². The number of likely N-dealkylation sites (tertiary alicyclic amines) is 1. The lowest BCUT2D eigenvalue weighted by molar-refractivity contribution is -0.142. The molecule has 21 heavy (non-hydrogen) atoms. The molecule has 1 aromatic carbocycles. The fourth-order valence-electron chi connectivity index (χ4n) is 2.22. The molecule has 7 heteroatoms. The molecule has 0 unspecified atom stereocenters. The zero-order valence-corrected chi connectivity index (χ0v) is 12.9. The van der Waals surface area contributed by atoms with Crippen LogP contribution in [-0.4, -0.2) is 41.1 Å². The van der Waals surface area contributed by atoms with E-state index in [4.69, 9.17) is 33.0 Å². The Morgan fingerprint density at radius 2 is 2.10 bits per heavy atom. The summed E-state index contributed by atoms with van der Waals surface area (Å²) >= 11 is 11.7. The van der Waals surface area contributed by atoms with Crippen molar-refractivity contribution in [3.05, 3.63) is 28.2 Å². The summed E-state index contributed by atoms with van der Waals surface area (Å²) < 4.78 is 5.54. The molecule has 1 aliphatic rings. The molecule has 0 aliphatic carbocycles. The number of ether oxygens (including phenoxy) is 1. The van der Waals surface area contributed by atoms with E-state index in [0.717, 1.165) is 0 Å². The third-order valence-electron chi connectivity index (χ3n) is 3.40. The van der Waals surface area contributed by atoms with Gasteiger partial charge < -0.3 is 14.7 Å². The first-order valence-corrected chi connectivity index (χ1v) is 7.27. The predicted molar refractivity (Wildman–Crippen MR) is 78.9 cm³/mol. The molecule has 2 rings (SSSR count). The molecule has 1 N–H and O–H groups in total. The minimum absolute atomic E-state index is 0.225. The molecule has 0 bridgehead atoms. The standard InChI is InChI=1S/C14H15Cl2NO4/c1-8(21-10-2-3-11(15)12(16)6-10)13(18)17-5-4-9(7-17)14(19)20/h2-3,6,8-9H,4-5,7H2,1H3,(H,19,20)/t8-,9-/m1/s1. The van der Waals surface area contributed by atoms with Gasteiger partial charge in [0.05, 0.1) is 16.0 Å². The lowest BCUT2D eigenvalue weighted by Gasteiger charge is -2.21. The van der Waals surface area contributed by atoms with E-state index in [9.17, 15) is 9.59 Å². The van der Waals surface area contributed by atoms with Gasteiger partial charge in [-0.1, -0.05) is 23.2 Å². The molecular weight excluding hydrogens is 317 g/mol. The minimum Gasteiger partial charge on any atom is -0.481 e. The first-order chi connectivity index (χ1) is 9.88. The maximum Gasteiger partial charge on any atom is 0.308 e. The Kier molecular flexibility index (Phi) is 4.96. The highest BCUT2D eigenvalue weighted by molar-refractivity contribution is 6.42. The second kappa shape index (κ2) is 6.54. The molecule has 1 heterocycles. The number of hydrogen-bond acceptors (Lipinski definition) is 3. The van der Waals surface area contributed by atoms with Gasteiger partial charge >= 0.3 is 5.97 Å². The number of carbonyl (C=O) groups excluding carboxylic acids is 1. The molecule has 0 spiro atoms. The van der Waals surface area contributed by atoms with Crippen molar-refractivity contribution in [3.8, 4) is 5.75 Å². The number of carbonyl (C=O) groups is 2. The van der Waals surface area contributed by atoms with Gasteiger partial charge in [0.25, 0.3) is 5.91 Å². The molecule has 1 fully saturated rings. The number of carboxylic acid groups (broad SMARTS) is 1. The first kappa shape index (κ1) is 15.9. The zero-order valence-electron chi connectivity index (χ0n) is 11.4. The van der Waals surface area contributed by atoms with Crippen LogP contribution in [0.2, 0.25) is 10.0 Å². The molecule has 114 valence electrons. The zero-order chi connectivity index (χ0) is 15.6. The summed E-state index contributed by atoms with van der Waals surface area (Å²) in [5.74, 6) is -1.15. The number of benzene rings is 1. The number of amides is 1. The summed E-state index contributed by atoms with van der Waals surface area (Å²) in [4.78, 5) is 24.6. The third kappa shape index (κ3) is 3.80. The number of carboxylic acids is 1. The maximum absolute atomic E-state index is 12.2. The van der Waals surface area contributed by atoms with E-state index in [2.05, 4.69) is 0 Å². The molecule has 1 aliphatic heterocycles. The lowest BCUT2D eigenvalue weighted by atomic mass is 10.1. The highest BCUT2D eigenvalue weighted by Gasteiger charge is 2.33. The van der Waals surface area contributed by atoms with Gasteiger partial charge in [-0.3, -0.25) is 9.59 Å². The Morgan fingerprint density at radius 3 is 2.67 bits per heavy atom. The van der Waals surface area contributed by atoms with Crippen LogP contribution in [0, 0.1) is 5.92 Å². The molecule has 1 aromatic rings. The molecular formula is C14H15Cl2NO4. The molecule has 5 nitrogen and oxygen atoms in total. The second-order valence-electron chi connectivity index (χ2n) is 4.94. The lowest BCUT2D eigenvalue weighted by Crippen LogP contribution is -2.39. The van der Waals surface area contributed by atoms with Gasteiger partial charge in [-0.15, -0.1) is 0 Å². The van der Waals surface area contributed by atoms with E-state index in [1.54, 1.807) is 19.1 Å². The van der Waals surface area contributed by atoms with Crippen molar-refractivity contribution in [2.45, 2.75) is 19.4 Å². The van der Waals surface area contributed by atoms with Crippen molar-refractivity contribution < 1.29 is 19.4 Å². The summed E-state index contributed by atoms with van der Waals surface area (Å²) in [6.45, 7) is 2.28. The molecule has 2 atom stereocenters. The third-order valence-corrected chi connectivity index (χ3v) is 4.14. The van der Waals surface area contributed by atoms with Crippen LogP contribution in [0.5, 0.6) is 5.75 Å². The largest absolute Gasteiger partial charge is 0.481 e. The average Bonchev–Trinajstić information content (AvgIpc) is 2.92. The van der Waals surface area contributed by atoms with E-state index in [0.29, 0.717) is 28.8 Å². The van der Waals surface area contributed by atoms with Crippen LogP contribution in [0.25, 0.3) is 0 Å². The van der Waals surface area contributed by atoms with Crippen molar-refractivity contribution in [2.75, 3.05) is 13.1 Å². The Morgan fingerprint density at radius 1 is 1.38 bits per heavy atom. The van der Waals surface area contributed by atoms with Gasteiger partial charge in [-0.2, -0.15) is 0 Å². The molecule has 1 saturated heterocycles. The average molecular weight is 332 g/mol. The van der Waals surface area contributed by atoms with E-state index >= 15 is 0 Å². The Labute approximate surface area is 132 Å². The van der Waals surface area contributed by atoms with Crippen LogP contribution in [0.1, 0.15) is 13.3 Å². The number of aliphatic carboxylic acids is 1. The summed E-state index contributed by atoms with van der Waals surface area (Å²) in [5, 5.41) is 9.70. The number of rotatable bonds is 4. The van der Waals surface area contributed by atoms with Crippen LogP contribution in [0.4, 0.5) is 0 Å². The monoisotopic (exact) mass is 331 g/mol. The van der Waals surface area contributed by atoms with Crippen LogP contribution in [-0.2, 0) is 9.59 Å². The maximum atomic E-state index is 12.2. The fourth-order valence-corrected chi connectivity index (χ4v) is 2.51. The van der Waals surface area contributed by atoms with Gasteiger partial charge in [0.15, 0.2) is 6.10 Å². The van der Waals surface area contributed by atoms with Gasteiger partial charge in [0.2, 0.25) is 0 Å².